The summed E-state index contributed by atoms with van der Waals surface area (Å²) in [4.78, 5) is 4.04. The van der Waals surface area contributed by atoms with E-state index in [1.54, 1.807) is 24.3 Å². The Morgan fingerprint density at radius 1 is 1.39 bits per heavy atom. The standard InChI is InChI=1S/C12H12N2O3S/c1-2-8-17-10-5-6-11(18(13,15)16)12-9(10)4-3-7-14-12/h2-7H,1,8H2,(H2,13,15,16). The molecule has 94 valence electrons. The molecule has 0 atom stereocenters. The quantitative estimate of drug-likeness (QED) is 0.847. The fourth-order valence-corrected chi connectivity index (χ4v) is 2.31. The number of sulfonamides is 1. The molecule has 1 aromatic carbocycles. The van der Waals surface area contributed by atoms with Gasteiger partial charge < -0.3 is 4.74 Å². The van der Waals surface area contributed by atoms with E-state index in [0.29, 0.717) is 23.3 Å². The Balaban J connectivity index is 2.70. The van der Waals surface area contributed by atoms with Gasteiger partial charge in [0.1, 0.15) is 17.3 Å². The van der Waals surface area contributed by atoms with Crippen molar-refractivity contribution in [3.05, 3.63) is 43.1 Å². The lowest BCUT2D eigenvalue weighted by Crippen LogP contribution is -2.13. The lowest BCUT2D eigenvalue weighted by atomic mass is 10.2. The van der Waals surface area contributed by atoms with E-state index in [-0.39, 0.29) is 4.90 Å². The summed E-state index contributed by atoms with van der Waals surface area (Å²) in [5.41, 5.74) is 0.307. The van der Waals surface area contributed by atoms with Gasteiger partial charge >= 0.3 is 0 Å². The molecule has 0 amide bonds. The Morgan fingerprint density at radius 2 is 2.17 bits per heavy atom. The predicted molar refractivity (Wildman–Crippen MR) is 68.8 cm³/mol. The Labute approximate surface area is 105 Å². The van der Waals surface area contributed by atoms with Crippen molar-refractivity contribution in [2.75, 3.05) is 6.61 Å². The maximum Gasteiger partial charge on any atom is 0.240 e. The SMILES string of the molecule is C=CCOc1ccc(S(N)(=O)=O)c2ncccc12. The average Bonchev–Trinajstić information content (AvgIpc) is 2.34. The van der Waals surface area contributed by atoms with Crippen molar-refractivity contribution in [3.8, 4) is 5.75 Å². The summed E-state index contributed by atoms with van der Waals surface area (Å²) in [6.07, 6.45) is 3.12. The van der Waals surface area contributed by atoms with E-state index < -0.39 is 10.0 Å². The molecular formula is C12H12N2O3S. The Hall–Kier alpha value is -1.92. The van der Waals surface area contributed by atoms with E-state index in [9.17, 15) is 8.42 Å². The zero-order valence-corrected chi connectivity index (χ0v) is 10.4. The van der Waals surface area contributed by atoms with Gasteiger partial charge in [-0.3, -0.25) is 4.98 Å². The third-order valence-electron chi connectivity index (χ3n) is 2.36. The third kappa shape index (κ3) is 2.34. The fourth-order valence-electron chi connectivity index (χ4n) is 1.62. The van der Waals surface area contributed by atoms with Crippen LogP contribution in [0.2, 0.25) is 0 Å². The highest BCUT2D eigenvalue weighted by Crippen LogP contribution is 2.28. The highest BCUT2D eigenvalue weighted by atomic mass is 32.2. The highest BCUT2D eigenvalue weighted by molar-refractivity contribution is 7.89. The summed E-state index contributed by atoms with van der Waals surface area (Å²) in [7, 11) is -3.80. The molecule has 1 heterocycles. The molecule has 0 spiro atoms. The van der Waals surface area contributed by atoms with E-state index >= 15 is 0 Å². The summed E-state index contributed by atoms with van der Waals surface area (Å²) < 4.78 is 28.3. The zero-order chi connectivity index (χ0) is 13.2. The first-order valence-corrected chi connectivity index (χ1v) is 6.73. The predicted octanol–water partition coefficient (Wildman–Crippen LogP) is 1.45. The molecule has 0 saturated carbocycles. The number of primary sulfonamides is 1. The second-order valence-corrected chi connectivity index (χ2v) is 5.14. The number of benzene rings is 1. The molecule has 18 heavy (non-hydrogen) atoms. The molecule has 2 rings (SSSR count). The second kappa shape index (κ2) is 4.75. The van der Waals surface area contributed by atoms with Crippen LogP contribution >= 0.6 is 0 Å². The van der Waals surface area contributed by atoms with Crippen LogP contribution in [0.3, 0.4) is 0 Å². The Kier molecular flexibility index (Phi) is 3.31. The van der Waals surface area contributed by atoms with Crippen LogP contribution in [-0.4, -0.2) is 20.0 Å². The Bertz CT molecular complexity index is 696. The number of fused-ring (bicyclic) bond motifs is 1. The van der Waals surface area contributed by atoms with E-state index in [2.05, 4.69) is 11.6 Å². The van der Waals surface area contributed by atoms with Gasteiger partial charge in [-0.2, -0.15) is 0 Å². The lowest BCUT2D eigenvalue weighted by Gasteiger charge is -2.09. The molecule has 0 fully saturated rings. The van der Waals surface area contributed by atoms with Crippen LogP contribution in [0.1, 0.15) is 0 Å². The number of hydrogen-bond acceptors (Lipinski definition) is 4. The van der Waals surface area contributed by atoms with Crippen molar-refractivity contribution in [2.24, 2.45) is 5.14 Å². The van der Waals surface area contributed by atoms with Gasteiger partial charge in [0.2, 0.25) is 10.0 Å². The van der Waals surface area contributed by atoms with Crippen LogP contribution in [0.15, 0.2) is 48.0 Å². The van der Waals surface area contributed by atoms with Gasteiger partial charge in [0.05, 0.1) is 5.52 Å². The van der Waals surface area contributed by atoms with Crippen LogP contribution in [0.5, 0.6) is 5.75 Å². The number of nitrogens with two attached hydrogens (primary N) is 1. The molecule has 0 saturated heterocycles. The number of rotatable bonds is 4. The molecule has 5 nitrogen and oxygen atoms in total. The molecule has 2 aromatic rings. The van der Waals surface area contributed by atoms with Crippen molar-refractivity contribution < 1.29 is 13.2 Å². The van der Waals surface area contributed by atoms with E-state index in [1.165, 1.54) is 12.3 Å². The topological polar surface area (TPSA) is 82.3 Å². The summed E-state index contributed by atoms with van der Waals surface area (Å²) in [5, 5.41) is 5.75. The molecule has 0 aliphatic heterocycles. The first-order valence-electron chi connectivity index (χ1n) is 5.18. The maximum absolute atomic E-state index is 11.5. The zero-order valence-electron chi connectivity index (χ0n) is 9.54. The van der Waals surface area contributed by atoms with Crippen LogP contribution < -0.4 is 9.88 Å². The van der Waals surface area contributed by atoms with Crippen molar-refractivity contribution in [1.82, 2.24) is 4.98 Å². The molecule has 0 radical (unpaired) electrons. The number of hydrogen-bond donors (Lipinski definition) is 1. The van der Waals surface area contributed by atoms with Crippen molar-refractivity contribution in [1.29, 1.82) is 0 Å². The van der Waals surface area contributed by atoms with Crippen LogP contribution in [0.4, 0.5) is 0 Å². The number of aromatic nitrogens is 1. The molecule has 0 bridgehead atoms. The van der Waals surface area contributed by atoms with E-state index in [0.717, 1.165) is 0 Å². The normalized spacial score (nSPS) is 11.4. The van der Waals surface area contributed by atoms with Gasteiger partial charge in [0.25, 0.3) is 0 Å². The molecule has 0 aliphatic carbocycles. The number of ether oxygens (including phenoxy) is 1. The van der Waals surface area contributed by atoms with Crippen LogP contribution in [0, 0.1) is 0 Å². The van der Waals surface area contributed by atoms with Crippen molar-refractivity contribution in [2.45, 2.75) is 4.90 Å². The van der Waals surface area contributed by atoms with Gasteiger partial charge in [0.15, 0.2) is 0 Å². The van der Waals surface area contributed by atoms with Gasteiger partial charge in [-0.1, -0.05) is 12.7 Å². The average molecular weight is 264 g/mol. The van der Waals surface area contributed by atoms with Gasteiger partial charge in [0, 0.05) is 11.6 Å². The minimum Gasteiger partial charge on any atom is -0.489 e. The summed E-state index contributed by atoms with van der Waals surface area (Å²) in [6, 6.07) is 6.39. The molecule has 0 aliphatic rings. The monoisotopic (exact) mass is 264 g/mol. The summed E-state index contributed by atoms with van der Waals surface area (Å²) >= 11 is 0. The van der Waals surface area contributed by atoms with Gasteiger partial charge in [-0.15, -0.1) is 0 Å². The van der Waals surface area contributed by atoms with E-state index in [4.69, 9.17) is 9.88 Å². The summed E-state index contributed by atoms with van der Waals surface area (Å²) in [5.74, 6) is 0.547. The molecule has 1 aromatic heterocycles. The number of nitrogens with zero attached hydrogens (tertiary/aromatic N) is 1. The molecule has 6 heteroatoms. The minimum absolute atomic E-state index is 0.0101. The minimum atomic E-state index is -3.80. The fraction of sp³-hybridized carbons (Fsp3) is 0.0833. The maximum atomic E-state index is 11.5. The molecule has 2 N–H and O–H groups in total. The lowest BCUT2D eigenvalue weighted by molar-refractivity contribution is 0.367. The van der Waals surface area contributed by atoms with Crippen LogP contribution in [0.25, 0.3) is 10.9 Å². The molecular weight excluding hydrogens is 252 g/mol. The third-order valence-corrected chi connectivity index (χ3v) is 3.30. The number of pyridine rings is 1. The van der Waals surface area contributed by atoms with Crippen LogP contribution in [-0.2, 0) is 10.0 Å². The second-order valence-electron chi connectivity index (χ2n) is 3.61. The first kappa shape index (κ1) is 12.5. The smallest absolute Gasteiger partial charge is 0.240 e. The first-order chi connectivity index (χ1) is 8.54. The van der Waals surface area contributed by atoms with Gasteiger partial charge in [-0.25, -0.2) is 13.6 Å². The van der Waals surface area contributed by atoms with E-state index in [1.807, 2.05) is 0 Å². The van der Waals surface area contributed by atoms with Crippen molar-refractivity contribution >= 4 is 20.9 Å². The Morgan fingerprint density at radius 3 is 2.83 bits per heavy atom. The largest absolute Gasteiger partial charge is 0.489 e. The highest BCUT2D eigenvalue weighted by Gasteiger charge is 2.15. The molecule has 0 unspecified atom stereocenters. The van der Waals surface area contributed by atoms with Crippen molar-refractivity contribution in [3.63, 3.8) is 0 Å². The summed E-state index contributed by atoms with van der Waals surface area (Å²) in [6.45, 7) is 3.89. The van der Waals surface area contributed by atoms with Gasteiger partial charge in [-0.05, 0) is 24.3 Å².